The molecule has 0 fully saturated rings. The van der Waals surface area contributed by atoms with Crippen LogP contribution in [0, 0.1) is 0 Å². The Morgan fingerprint density at radius 3 is 2.25 bits per heavy atom. The zero-order valence-corrected chi connectivity index (χ0v) is 14.5. The Morgan fingerprint density at radius 2 is 1.61 bits per heavy atom. The fraction of sp³-hybridized carbons (Fsp3) is 0.105. The molecular weight excluding hydrogens is 373 g/mol. The maximum atomic E-state index is 12.3. The van der Waals surface area contributed by atoms with Gasteiger partial charge in [0.25, 0.3) is 0 Å². The van der Waals surface area contributed by atoms with Gasteiger partial charge in [-0.1, -0.05) is 0 Å². The van der Waals surface area contributed by atoms with Crippen LogP contribution in [0.3, 0.4) is 0 Å². The van der Waals surface area contributed by atoms with Crippen LogP contribution in [0.1, 0.15) is 0 Å². The Balaban J connectivity index is 1.69. The smallest absolute Gasteiger partial charge is 0.481 e. The lowest BCUT2D eigenvalue weighted by Gasteiger charge is -2.09. The molecule has 3 heterocycles. The van der Waals surface area contributed by atoms with E-state index in [1.54, 1.807) is 38.0 Å². The summed E-state index contributed by atoms with van der Waals surface area (Å²) in [6, 6.07) is 9.13. The van der Waals surface area contributed by atoms with Crippen LogP contribution >= 0.6 is 0 Å². The minimum atomic E-state index is -4.73. The lowest BCUT2D eigenvalue weighted by molar-refractivity contribution is -0.274. The third-order valence-corrected chi connectivity index (χ3v) is 4.02. The van der Waals surface area contributed by atoms with Crippen LogP contribution in [0.25, 0.3) is 28.2 Å². The topological polar surface area (TPSA) is 61.5 Å². The van der Waals surface area contributed by atoms with Crippen molar-refractivity contribution in [2.75, 3.05) is 7.11 Å². The van der Waals surface area contributed by atoms with Gasteiger partial charge in [-0.25, -0.2) is 9.97 Å². The molecule has 0 aliphatic heterocycles. The van der Waals surface area contributed by atoms with Gasteiger partial charge in [0.2, 0.25) is 5.88 Å². The quantitative estimate of drug-likeness (QED) is 0.521. The number of fused-ring (bicyclic) bond motifs is 1. The summed E-state index contributed by atoms with van der Waals surface area (Å²) < 4.78 is 47.7. The molecule has 0 unspecified atom stereocenters. The van der Waals surface area contributed by atoms with E-state index < -0.39 is 6.36 Å². The first-order valence-electron chi connectivity index (χ1n) is 8.13. The van der Waals surface area contributed by atoms with E-state index in [1.807, 2.05) is 10.5 Å². The van der Waals surface area contributed by atoms with Crippen molar-refractivity contribution >= 4 is 5.65 Å². The summed E-state index contributed by atoms with van der Waals surface area (Å²) in [6.07, 6.45) is 2.00. The van der Waals surface area contributed by atoms with Crippen molar-refractivity contribution < 1.29 is 22.6 Å². The summed E-state index contributed by atoms with van der Waals surface area (Å²) in [5.74, 6) is 0.214. The van der Waals surface area contributed by atoms with Gasteiger partial charge in [0.15, 0.2) is 5.65 Å². The third-order valence-electron chi connectivity index (χ3n) is 4.02. The number of rotatable bonds is 4. The molecule has 4 rings (SSSR count). The van der Waals surface area contributed by atoms with E-state index in [-0.39, 0.29) is 5.75 Å². The second-order valence-electron chi connectivity index (χ2n) is 5.81. The molecule has 6 nitrogen and oxygen atoms in total. The van der Waals surface area contributed by atoms with Gasteiger partial charge in [0.05, 0.1) is 30.9 Å². The van der Waals surface area contributed by atoms with Gasteiger partial charge >= 0.3 is 6.36 Å². The molecule has 0 N–H and O–H groups in total. The van der Waals surface area contributed by atoms with E-state index in [0.29, 0.717) is 22.8 Å². The van der Waals surface area contributed by atoms with Crippen molar-refractivity contribution in [1.82, 2.24) is 19.4 Å². The van der Waals surface area contributed by atoms with Crippen molar-refractivity contribution in [3.63, 3.8) is 0 Å². The highest BCUT2D eigenvalue weighted by Crippen LogP contribution is 2.27. The van der Waals surface area contributed by atoms with Crippen LogP contribution in [-0.4, -0.2) is 32.8 Å². The van der Waals surface area contributed by atoms with E-state index >= 15 is 0 Å². The molecule has 0 spiro atoms. The van der Waals surface area contributed by atoms with Gasteiger partial charge in [-0.3, -0.25) is 9.38 Å². The van der Waals surface area contributed by atoms with E-state index in [4.69, 9.17) is 4.74 Å². The van der Waals surface area contributed by atoms with Gasteiger partial charge in [-0.05, 0) is 30.3 Å². The van der Waals surface area contributed by atoms with Crippen molar-refractivity contribution in [3.05, 3.63) is 61.2 Å². The SMILES string of the molecule is COc1ccc(-c2cnc3cnc(-c4ccc(OC(F)(F)F)cc4)cn23)cn1. The normalized spacial score (nSPS) is 11.6. The number of benzene rings is 1. The Bertz CT molecular complexity index is 1110. The summed E-state index contributed by atoms with van der Waals surface area (Å²) in [7, 11) is 1.54. The predicted molar refractivity (Wildman–Crippen MR) is 94.9 cm³/mol. The molecule has 0 saturated heterocycles. The van der Waals surface area contributed by atoms with Gasteiger partial charge in [-0.2, -0.15) is 0 Å². The van der Waals surface area contributed by atoms with Crippen LogP contribution in [-0.2, 0) is 0 Å². The zero-order chi connectivity index (χ0) is 19.7. The Morgan fingerprint density at radius 1 is 0.857 bits per heavy atom. The molecule has 1 aromatic carbocycles. The maximum absolute atomic E-state index is 12.3. The third kappa shape index (κ3) is 3.59. The van der Waals surface area contributed by atoms with Crippen molar-refractivity contribution in [3.8, 4) is 34.1 Å². The van der Waals surface area contributed by atoms with E-state index in [2.05, 4.69) is 19.7 Å². The van der Waals surface area contributed by atoms with Crippen LogP contribution < -0.4 is 9.47 Å². The molecule has 0 amide bonds. The molecule has 0 atom stereocenters. The number of hydrogen-bond donors (Lipinski definition) is 0. The number of methoxy groups -OCH3 is 1. The van der Waals surface area contributed by atoms with Gasteiger partial charge < -0.3 is 9.47 Å². The molecule has 0 radical (unpaired) electrons. The highest BCUT2D eigenvalue weighted by molar-refractivity contribution is 5.66. The zero-order valence-electron chi connectivity index (χ0n) is 14.5. The number of hydrogen-bond acceptors (Lipinski definition) is 5. The maximum Gasteiger partial charge on any atom is 0.573 e. The molecule has 9 heteroatoms. The van der Waals surface area contributed by atoms with Gasteiger partial charge in [0, 0.05) is 29.6 Å². The molecule has 4 aromatic rings. The van der Waals surface area contributed by atoms with E-state index in [0.717, 1.165) is 11.3 Å². The van der Waals surface area contributed by atoms with Crippen molar-refractivity contribution in [1.29, 1.82) is 0 Å². The monoisotopic (exact) mass is 386 g/mol. The average molecular weight is 386 g/mol. The first-order valence-corrected chi connectivity index (χ1v) is 8.13. The van der Waals surface area contributed by atoms with E-state index in [1.165, 1.54) is 24.3 Å². The number of pyridine rings is 1. The highest BCUT2D eigenvalue weighted by Gasteiger charge is 2.31. The minimum absolute atomic E-state index is 0.287. The van der Waals surface area contributed by atoms with E-state index in [9.17, 15) is 13.2 Å². The Hall–Kier alpha value is -3.62. The molecule has 0 bridgehead atoms. The molecule has 28 heavy (non-hydrogen) atoms. The Kier molecular flexibility index (Phi) is 4.34. The molecule has 0 aliphatic rings. The summed E-state index contributed by atoms with van der Waals surface area (Å²) >= 11 is 0. The highest BCUT2D eigenvalue weighted by atomic mass is 19.4. The van der Waals surface area contributed by atoms with Crippen LogP contribution in [0.4, 0.5) is 13.2 Å². The number of imidazole rings is 1. The van der Waals surface area contributed by atoms with Gasteiger partial charge in [-0.15, -0.1) is 13.2 Å². The van der Waals surface area contributed by atoms with Crippen LogP contribution in [0.5, 0.6) is 11.6 Å². The van der Waals surface area contributed by atoms with Crippen LogP contribution in [0.15, 0.2) is 61.2 Å². The molecule has 0 aliphatic carbocycles. The lowest BCUT2D eigenvalue weighted by Crippen LogP contribution is -2.16. The van der Waals surface area contributed by atoms with Crippen molar-refractivity contribution in [2.45, 2.75) is 6.36 Å². The summed E-state index contributed by atoms with van der Waals surface area (Å²) in [6.45, 7) is 0. The van der Waals surface area contributed by atoms with Crippen LogP contribution in [0.2, 0.25) is 0 Å². The number of ether oxygens (including phenoxy) is 2. The molecule has 0 saturated carbocycles. The average Bonchev–Trinajstić information content (AvgIpc) is 3.10. The largest absolute Gasteiger partial charge is 0.573 e. The predicted octanol–water partition coefficient (Wildman–Crippen LogP) is 4.37. The number of nitrogens with zero attached hydrogens (tertiary/aromatic N) is 4. The Labute approximate surface area is 157 Å². The van der Waals surface area contributed by atoms with Crippen molar-refractivity contribution in [2.24, 2.45) is 0 Å². The molecule has 142 valence electrons. The first-order chi connectivity index (χ1) is 13.4. The minimum Gasteiger partial charge on any atom is -0.481 e. The second-order valence-corrected chi connectivity index (χ2v) is 5.81. The molecule has 3 aromatic heterocycles. The summed E-state index contributed by atoms with van der Waals surface area (Å²) in [4.78, 5) is 12.9. The molecular formula is C19H13F3N4O2. The first kappa shape index (κ1) is 17.8. The standard InChI is InChI=1S/C19H13F3N4O2/c1-27-18-7-4-13(8-25-18)16-9-24-17-10-23-15(11-26(16)17)12-2-5-14(6-3-12)28-19(20,21)22/h2-11H,1H3. The fourth-order valence-electron chi connectivity index (χ4n) is 2.73. The summed E-state index contributed by atoms with van der Waals surface area (Å²) in [5.41, 5.74) is 3.48. The van der Waals surface area contributed by atoms with Gasteiger partial charge in [0.1, 0.15) is 5.75 Å². The summed E-state index contributed by atoms with van der Waals surface area (Å²) in [5, 5.41) is 0. The number of aromatic nitrogens is 4. The number of alkyl halides is 3. The second kappa shape index (κ2) is 6.84. The lowest BCUT2D eigenvalue weighted by atomic mass is 10.1. The fourth-order valence-corrected chi connectivity index (χ4v) is 2.73. The number of halogens is 3.